The van der Waals surface area contributed by atoms with Crippen LogP contribution in [0.15, 0.2) is 67.0 Å². The van der Waals surface area contributed by atoms with Gasteiger partial charge in [0.2, 0.25) is 0 Å². The molecule has 2 aromatic heterocycles. The molecule has 0 aliphatic carbocycles. The molecule has 4 rings (SSSR count). The summed E-state index contributed by atoms with van der Waals surface area (Å²) in [6.45, 7) is 1.91. The van der Waals surface area contributed by atoms with E-state index in [1.165, 1.54) is 0 Å². The zero-order valence-corrected chi connectivity index (χ0v) is 15.3. The molecule has 27 heavy (non-hydrogen) atoms. The maximum atomic E-state index is 12.6. The molecule has 2 heterocycles. The lowest BCUT2D eigenvalue weighted by Crippen LogP contribution is -2.19. The molecule has 0 radical (unpaired) electrons. The molecule has 0 unspecified atom stereocenters. The molecule has 0 fully saturated rings. The SMILES string of the molecule is Cc1ccc(NC(=O)Nc2c(-c3cccnc3)[nH]c3ccccc23)cc1Cl. The van der Waals surface area contributed by atoms with Crippen molar-refractivity contribution in [2.24, 2.45) is 0 Å². The van der Waals surface area contributed by atoms with Crippen LogP contribution in [0.25, 0.3) is 22.2 Å². The fourth-order valence-corrected chi connectivity index (χ4v) is 3.13. The van der Waals surface area contributed by atoms with Gasteiger partial charge in [-0.2, -0.15) is 0 Å². The van der Waals surface area contributed by atoms with E-state index in [4.69, 9.17) is 11.6 Å². The number of amides is 2. The second kappa shape index (κ2) is 7.13. The van der Waals surface area contributed by atoms with Crippen LogP contribution < -0.4 is 10.6 Å². The molecular formula is C21H17ClN4O. The van der Waals surface area contributed by atoms with Crippen molar-refractivity contribution in [2.75, 3.05) is 10.6 Å². The van der Waals surface area contributed by atoms with Crippen LogP contribution in [-0.4, -0.2) is 16.0 Å². The van der Waals surface area contributed by atoms with Gasteiger partial charge < -0.3 is 15.6 Å². The predicted molar refractivity (Wildman–Crippen MR) is 110 cm³/mol. The first-order valence-corrected chi connectivity index (χ1v) is 8.85. The zero-order chi connectivity index (χ0) is 18.8. The van der Waals surface area contributed by atoms with Gasteiger partial charge in [-0.15, -0.1) is 0 Å². The number of urea groups is 1. The van der Waals surface area contributed by atoms with E-state index in [0.717, 1.165) is 27.7 Å². The molecule has 0 spiro atoms. The Kier molecular flexibility index (Phi) is 4.52. The number of hydrogen-bond donors (Lipinski definition) is 3. The van der Waals surface area contributed by atoms with Crippen molar-refractivity contribution in [1.29, 1.82) is 0 Å². The molecule has 4 aromatic rings. The molecule has 0 bridgehead atoms. The van der Waals surface area contributed by atoms with Gasteiger partial charge in [0, 0.05) is 39.6 Å². The van der Waals surface area contributed by atoms with Gasteiger partial charge in [-0.3, -0.25) is 4.98 Å². The number of nitrogens with one attached hydrogen (secondary N) is 3. The van der Waals surface area contributed by atoms with E-state index in [2.05, 4.69) is 20.6 Å². The Bertz CT molecular complexity index is 1120. The molecule has 0 aliphatic rings. The summed E-state index contributed by atoms with van der Waals surface area (Å²) in [7, 11) is 0. The quantitative estimate of drug-likeness (QED) is 0.420. The average Bonchev–Trinajstić information content (AvgIpc) is 3.04. The molecular weight excluding hydrogens is 360 g/mol. The lowest BCUT2D eigenvalue weighted by atomic mass is 10.1. The summed E-state index contributed by atoms with van der Waals surface area (Å²) in [5.41, 5.74) is 4.92. The molecule has 2 aromatic carbocycles. The number of H-pyrrole nitrogens is 1. The summed E-state index contributed by atoms with van der Waals surface area (Å²) in [5, 5.41) is 7.32. The topological polar surface area (TPSA) is 69.8 Å². The lowest BCUT2D eigenvalue weighted by Gasteiger charge is -2.10. The number of benzene rings is 2. The number of fused-ring (bicyclic) bond motifs is 1. The van der Waals surface area contributed by atoms with Gasteiger partial charge in [-0.1, -0.05) is 35.9 Å². The minimum absolute atomic E-state index is 0.343. The maximum Gasteiger partial charge on any atom is 0.323 e. The zero-order valence-electron chi connectivity index (χ0n) is 14.6. The average molecular weight is 377 g/mol. The van der Waals surface area contributed by atoms with Crippen LogP contribution in [0.3, 0.4) is 0 Å². The van der Waals surface area contributed by atoms with Crippen molar-refractivity contribution in [1.82, 2.24) is 9.97 Å². The highest BCUT2D eigenvalue weighted by Crippen LogP contribution is 2.34. The number of anilines is 2. The first kappa shape index (κ1) is 17.1. The van der Waals surface area contributed by atoms with Crippen molar-refractivity contribution in [3.05, 3.63) is 77.6 Å². The number of halogens is 1. The number of nitrogens with zero attached hydrogens (tertiary/aromatic N) is 1. The second-order valence-corrected chi connectivity index (χ2v) is 6.61. The molecule has 0 aliphatic heterocycles. The molecule has 2 amide bonds. The molecule has 5 nitrogen and oxygen atoms in total. The number of aryl methyl sites for hydroxylation is 1. The number of aromatic amines is 1. The van der Waals surface area contributed by atoms with E-state index in [1.807, 2.05) is 55.5 Å². The van der Waals surface area contributed by atoms with E-state index < -0.39 is 0 Å². The Labute approximate surface area is 161 Å². The smallest absolute Gasteiger partial charge is 0.323 e. The monoisotopic (exact) mass is 376 g/mol. The van der Waals surface area contributed by atoms with Gasteiger partial charge in [-0.25, -0.2) is 4.79 Å². The Morgan fingerprint density at radius 1 is 1.07 bits per heavy atom. The minimum Gasteiger partial charge on any atom is -0.353 e. The van der Waals surface area contributed by atoms with Gasteiger partial charge in [0.1, 0.15) is 0 Å². The van der Waals surface area contributed by atoms with Gasteiger partial charge in [0.15, 0.2) is 0 Å². The highest BCUT2D eigenvalue weighted by Gasteiger charge is 2.15. The van der Waals surface area contributed by atoms with Crippen LogP contribution in [0.2, 0.25) is 5.02 Å². The maximum absolute atomic E-state index is 12.6. The number of carbonyl (C=O) groups excluding carboxylic acids is 1. The van der Waals surface area contributed by atoms with E-state index in [-0.39, 0.29) is 6.03 Å². The van der Waals surface area contributed by atoms with Crippen LogP contribution in [0, 0.1) is 6.92 Å². The molecule has 6 heteroatoms. The summed E-state index contributed by atoms with van der Waals surface area (Å²) in [6.07, 6.45) is 3.47. The van der Waals surface area contributed by atoms with E-state index in [0.29, 0.717) is 16.4 Å². The van der Waals surface area contributed by atoms with Gasteiger partial charge in [0.25, 0.3) is 0 Å². The van der Waals surface area contributed by atoms with Crippen molar-refractivity contribution < 1.29 is 4.79 Å². The Hall–Kier alpha value is -3.31. The van der Waals surface area contributed by atoms with Crippen molar-refractivity contribution in [3.8, 4) is 11.3 Å². The van der Waals surface area contributed by atoms with E-state index in [9.17, 15) is 4.79 Å². The number of rotatable bonds is 3. The fraction of sp³-hybridized carbons (Fsp3) is 0.0476. The van der Waals surface area contributed by atoms with Crippen molar-refractivity contribution in [2.45, 2.75) is 6.92 Å². The standard InChI is InChI=1S/C21H17ClN4O/c1-13-8-9-15(11-17(13)22)24-21(27)26-20-16-6-2-3-7-18(16)25-19(20)14-5-4-10-23-12-14/h2-12,25H,1H3,(H2,24,26,27). The lowest BCUT2D eigenvalue weighted by molar-refractivity contribution is 0.262. The number of para-hydroxylation sites is 1. The highest BCUT2D eigenvalue weighted by atomic mass is 35.5. The van der Waals surface area contributed by atoms with Crippen molar-refractivity contribution >= 4 is 39.9 Å². The van der Waals surface area contributed by atoms with E-state index in [1.54, 1.807) is 18.5 Å². The fourth-order valence-electron chi connectivity index (χ4n) is 2.95. The third-order valence-electron chi connectivity index (χ3n) is 4.32. The number of carbonyl (C=O) groups is 1. The van der Waals surface area contributed by atoms with E-state index >= 15 is 0 Å². The number of pyridine rings is 1. The summed E-state index contributed by atoms with van der Waals surface area (Å²) in [4.78, 5) is 20.1. The minimum atomic E-state index is -0.343. The van der Waals surface area contributed by atoms with Gasteiger partial charge in [-0.05, 0) is 42.8 Å². The van der Waals surface area contributed by atoms with Gasteiger partial charge >= 0.3 is 6.03 Å². The summed E-state index contributed by atoms with van der Waals surface area (Å²) in [5.74, 6) is 0. The third-order valence-corrected chi connectivity index (χ3v) is 4.73. The molecule has 134 valence electrons. The first-order valence-electron chi connectivity index (χ1n) is 8.47. The van der Waals surface area contributed by atoms with Crippen LogP contribution >= 0.6 is 11.6 Å². The number of hydrogen-bond acceptors (Lipinski definition) is 2. The summed E-state index contributed by atoms with van der Waals surface area (Å²) in [6, 6.07) is 16.7. The Balaban J connectivity index is 1.68. The summed E-state index contributed by atoms with van der Waals surface area (Å²) < 4.78 is 0. The summed E-state index contributed by atoms with van der Waals surface area (Å²) >= 11 is 6.14. The highest BCUT2D eigenvalue weighted by molar-refractivity contribution is 6.31. The van der Waals surface area contributed by atoms with Gasteiger partial charge in [0.05, 0.1) is 11.4 Å². The van der Waals surface area contributed by atoms with Crippen LogP contribution in [0.5, 0.6) is 0 Å². The number of aromatic nitrogens is 2. The molecule has 0 saturated heterocycles. The molecule has 3 N–H and O–H groups in total. The Morgan fingerprint density at radius 3 is 2.70 bits per heavy atom. The van der Waals surface area contributed by atoms with Crippen molar-refractivity contribution in [3.63, 3.8) is 0 Å². The normalized spacial score (nSPS) is 10.7. The largest absolute Gasteiger partial charge is 0.353 e. The Morgan fingerprint density at radius 2 is 1.93 bits per heavy atom. The van der Waals surface area contributed by atoms with Crippen LogP contribution in [0.1, 0.15) is 5.56 Å². The molecule has 0 atom stereocenters. The molecule has 0 saturated carbocycles. The van der Waals surface area contributed by atoms with Crippen LogP contribution in [0.4, 0.5) is 16.2 Å². The second-order valence-electron chi connectivity index (χ2n) is 6.21. The third kappa shape index (κ3) is 3.50. The van der Waals surface area contributed by atoms with Crippen LogP contribution in [-0.2, 0) is 0 Å². The predicted octanol–water partition coefficient (Wildman–Crippen LogP) is 5.84. The first-order chi connectivity index (χ1) is 13.1.